The summed E-state index contributed by atoms with van der Waals surface area (Å²) >= 11 is 0. The molecule has 0 amide bonds. The van der Waals surface area contributed by atoms with E-state index in [0.29, 0.717) is 0 Å². The van der Waals surface area contributed by atoms with E-state index in [1.54, 1.807) is 13.0 Å². The highest BCUT2D eigenvalue weighted by molar-refractivity contribution is 5.91. The lowest BCUT2D eigenvalue weighted by molar-refractivity contribution is -0.112. The van der Waals surface area contributed by atoms with Gasteiger partial charge in [-0.1, -0.05) is 30.3 Å². The molecule has 15 heavy (non-hydrogen) atoms. The van der Waals surface area contributed by atoms with Crippen molar-refractivity contribution in [1.82, 2.24) is 4.90 Å². The molecule has 80 valence electrons. The normalized spacial score (nSPS) is 11.2. The van der Waals surface area contributed by atoms with Crippen LogP contribution in [0.3, 0.4) is 0 Å². The number of ketones is 1. The number of carbonyl (C=O) groups is 1. The first kappa shape index (κ1) is 11.7. The molecule has 0 unspecified atom stereocenters. The van der Waals surface area contributed by atoms with Crippen molar-refractivity contribution in [3.05, 3.63) is 41.5 Å². The molecular formula is C13H17NO. The molecule has 0 fully saturated rings. The Morgan fingerprint density at radius 3 is 2.73 bits per heavy atom. The van der Waals surface area contributed by atoms with Crippen LogP contribution in [0.2, 0.25) is 0 Å². The first-order chi connectivity index (χ1) is 7.08. The molecule has 0 saturated carbocycles. The number of hydrogen-bond acceptors (Lipinski definition) is 2. The maximum absolute atomic E-state index is 10.8. The molecule has 2 heteroatoms. The van der Waals surface area contributed by atoms with Crippen LogP contribution in [0, 0.1) is 0 Å². The van der Waals surface area contributed by atoms with Crippen LogP contribution in [0.15, 0.2) is 30.3 Å². The molecule has 0 saturated heterocycles. The highest BCUT2D eigenvalue weighted by Gasteiger charge is 1.95. The smallest absolute Gasteiger partial charge is 0.152 e. The van der Waals surface area contributed by atoms with Crippen molar-refractivity contribution in [2.24, 2.45) is 0 Å². The van der Waals surface area contributed by atoms with Crippen LogP contribution in [0.5, 0.6) is 0 Å². The first-order valence-electron chi connectivity index (χ1n) is 5.00. The van der Waals surface area contributed by atoms with Gasteiger partial charge < -0.3 is 4.90 Å². The van der Waals surface area contributed by atoms with Gasteiger partial charge in [-0.3, -0.25) is 4.79 Å². The minimum absolute atomic E-state index is 0.0769. The summed E-state index contributed by atoms with van der Waals surface area (Å²) in [6.45, 7) is 2.47. The van der Waals surface area contributed by atoms with E-state index in [0.717, 1.165) is 12.1 Å². The largest absolute Gasteiger partial charge is 0.305 e. The monoisotopic (exact) mass is 203 g/mol. The van der Waals surface area contributed by atoms with Crippen molar-refractivity contribution >= 4 is 11.9 Å². The van der Waals surface area contributed by atoms with Gasteiger partial charge in [0.25, 0.3) is 0 Å². The van der Waals surface area contributed by atoms with E-state index in [9.17, 15) is 4.79 Å². The van der Waals surface area contributed by atoms with Gasteiger partial charge in [0.1, 0.15) is 0 Å². The predicted octanol–water partition coefficient (Wildman–Crippen LogP) is 2.35. The predicted molar refractivity (Wildman–Crippen MR) is 63.5 cm³/mol. The van der Waals surface area contributed by atoms with Crippen LogP contribution >= 0.6 is 0 Å². The Labute approximate surface area is 91.2 Å². The van der Waals surface area contributed by atoms with E-state index >= 15 is 0 Å². The Kier molecular flexibility index (Phi) is 4.25. The summed E-state index contributed by atoms with van der Waals surface area (Å²) < 4.78 is 0. The van der Waals surface area contributed by atoms with Crippen molar-refractivity contribution in [1.29, 1.82) is 0 Å². The quantitative estimate of drug-likeness (QED) is 0.700. The van der Waals surface area contributed by atoms with Gasteiger partial charge in [0, 0.05) is 6.54 Å². The topological polar surface area (TPSA) is 20.3 Å². The number of allylic oxidation sites excluding steroid dienone is 1. The third-order valence-corrected chi connectivity index (χ3v) is 1.96. The van der Waals surface area contributed by atoms with Gasteiger partial charge in [0.2, 0.25) is 0 Å². The Morgan fingerprint density at radius 1 is 1.40 bits per heavy atom. The fourth-order valence-electron chi connectivity index (χ4n) is 1.37. The number of carbonyl (C=O) groups excluding carboxylic acids is 1. The van der Waals surface area contributed by atoms with Crippen LogP contribution in [0.1, 0.15) is 18.1 Å². The Morgan fingerprint density at radius 2 is 2.13 bits per heavy atom. The van der Waals surface area contributed by atoms with Crippen molar-refractivity contribution in [2.75, 3.05) is 14.1 Å². The van der Waals surface area contributed by atoms with Crippen molar-refractivity contribution < 1.29 is 4.79 Å². The van der Waals surface area contributed by atoms with Crippen LogP contribution < -0.4 is 0 Å². The third-order valence-electron chi connectivity index (χ3n) is 1.96. The zero-order valence-corrected chi connectivity index (χ0v) is 9.53. The Bertz CT molecular complexity index is 367. The molecule has 1 aromatic carbocycles. The van der Waals surface area contributed by atoms with Crippen LogP contribution in [-0.4, -0.2) is 24.8 Å². The maximum atomic E-state index is 10.8. The molecule has 0 atom stereocenters. The molecule has 1 rings (SSSR count). The highest BCUT2D eigenvalue weighted by Crippen LogP contribution is 2.08. The zero-order chi connectivity index (χ0) is 11.3. The second-order valence-corrected chi connectivity index (χ2v) is 3.93. The molecule has 0 aliphatic carbocycles. The highest BCUT2D eigenvalue weighted by atomic mass is 16.1. The number of nitrogens with zero attached hydrogens (tertiary/aromatic N) is 1. The van der Waals surface area contributed by atoms with Gasteiger partial charge in [-0.2, -0.15) is 0 Å². The van der Waals surface area contributed by atoms with Gasteiger partial charge in [0.05, 0.1) is 0 Å². The molecule has 0 aromatic heterocycles. The summed E-state index contributed by atoms with van der Waals surface area (Å²) in [6, 6.07) is 8.20. The minimum Gasteiger partial charge on any atom is -0.305 e. The molecule has 2 nitrogen and oxygen atoms in total. The number of hydrogen-bond donors (Lipinski definition) is 0. The Balaban J connectivity index is 2.78. The molecule has 0 radical (unpaired) electrons. The van der Waals surface area contributed by atoms with Crippen molar-refractivity contribution in [2.45, 2.75) is 13.5 Å². The van der Waals surface area contributed by atoms with Gasteiger partial charge in [-0.05, 0) is 38.2 Å². The second-order valence-electron chi connectivity index (χ2n) is 3.93. The molecular weight excluding hydrogens is 186 g/mol. The molecule has 0 heterocycles. The van der Waals surface area contributed by atoms with Crippen LogP contribution in [-0.2, 0) is 11.3 Å². The van der Waals surface area contributed by atoms with Crippen molar-refractivity contribution in [3.8, 4) is 0 Å². The number of rotatable bonds is 4. The fourth-order valence-corrected chi connectivity index (χ4v) is 1.37. The molecule has 0 spiro atoms. The SMILES string of the molecule is CC(=O)/C=C/c1cccc(CN(C)C)c1. The summed E-state index contributed by atoms with van der Waals surface area (Å²) in [5, 5.41) is 0. The molecule has 0 aliphatic rings. The summed E-state index contributed by atoms with van der Waals surface area (Å²) in [6.07, 6.45) is 3.44. The fraction of sp³-hybridized carbons (Fsp3) is 0.308. The lowest BCUT2D eigenvalue weighted by Gasteiger charge is -2.09. The van der Waals surface area contributed by atoms with E-state index in [-0.39, 0.29) is 5.78 Å². The molecule has 0 N–H and O–H groups in total. The third kappa shape index (κ3) is 4.56. The Hall–Kier alpha value is -1.41. The average Bonchev–Trinajstić information content (AvgIpc) is 2.14. The summed E-state index contributed by atoms with van der Waals surface area (Å²) in [4.78, 5) is 12.9. The van der Waals surface area contributed by atoms with E-state index < -0.39 is 0 Å². The summed E-state index contributed by atoms with van der Waals surface area (Å²) in [5.41, 5.74) is 2.33. The van der Waals surface area contributed by atoms with Crippen LogP contribution in [0.4, 0.5) is 0 Å². The van der Waals surface area contributed by atoms with E-state index in [1.807, 2.05) is 32.3 Å². The zero-order valence-electron chi connectivity index (χ0n) is 9.53. The van der Waals surface area contributed by atoms with E-state index in [1.165, 1.54) is 5.56 Å². The van der Waals surface area contributed by atoms with Gasteiger partial charge >= 0.3 is 0 Å². The van der Waals surface area contributed by atoms with Gasteiger partial charge in [-0.25, -0.2) is 0 Å². The van der Waals surface area contributed by atoms with E-state index in [2.05, 4.69) is 17.0 Å². The van der Waals surface area contributed by atoms with Gasteiger partial charge in [-0.15, -0.1) is 0 Å². The number of benzene rings is 1. The van der Waals surface area contributed by atoms with Gasteiger partial charge in [0.15, 0.2) is 5.78 Å². The summed E-state index contributed by atoms with van der Waals surface area (Å²) in [7, 11) is 4.08. The lowest BCUT2D eigenvalue weighted by atomic mass is 10.1. The van der Waals surface area contributed by atoms with Crippen molar-refractivity contribution in [3.63, 3.8) is 0 Å². The average molecular weight is 203 g/mol. The second kappa shape index (κ2) is 5.47. The molecule has 1 aromatic rings. The first-order valence-corrected chi connectivity index (χ1v) is 5.00. The minimum atomic E-state index is 0.0769. The van der Waals surface area contributed by atoms with Crippen LogP contribution in [0.25, 0.3) is 6.08 Å². The maximum Gasteiger partial charge on any atom is 0.152 e. The lowest BCUT2D eigenvalue weighted by Crippen LogP contribution is -2.10. The van der Waals surface area contributed by atoms with E-state index in [4.69, 9.17) is 0 Å². The molecule has 0 bridgehead atoms. The molecule has 0 aliphatic heterocycles. The standard InChI is InChI=1S/C13H17NO/c1-11(15)7-8-12-5-4-6-13(9-12)10-14(2)3/h4-9H,10H2,1-3H3/b8-7+. The summed E-state index contributed by atoms with van der Waals surface area (Å²) in [5.74, 6) is 0.0769.